The highest BCUT2D eigenvalue weighted by atomic mass is 16.5. The summed E-state index contributed by atoms with van der Waals surface area (Å²) in [5.74, 6) is 0.830. The predicted octanol–water partition coefficient (Wildman–Crippen LogP) is 4.35. The van der Waals surface area contributed by atoms with Crippen LogP contribution in [0.3, 0.4) is 0 Å². The third kappa shape index (κ3) is 6.96. The zero-order valence-electron chi connectivity index (χ0n) is 18.0. The van der Waals surface area contributed by atoms with Gasteiger partial charge >= 0.3 is 0 Å². The van der Waals surface area contributed by atoms with Gasteiger partial charge in [-0.05, 0) is 67.9 Å². The van der Waals surface area contributed by atoms with E-state index in [9.17, 15) is 10.2 Å². The monoisotopic (exact) mass is 423 g/mol. The Morgan fingerprint density at radius 2 is 1.68 bits per heavy atom. The van der Waals surface area contributed by atoms with Crippen LogP contribution in [0.2, 0.25) is 0 Å². The van der Waals surface area contributed by atoms with Gasteiger partial charge in [-0.1, -0.05) is 36.4 Å². The van der Waals surface area contributed by atoms with E-state index in [1.54, 1.807) is 12.5 Å². The molecule has 0 fully saturated rings. The maximum absolute atomic E-state index is 9.42. The Labute approximate surface area is 184 Å². The number of furan rings is 1. The molecular formula is C26H33NO4. The third-order valence-corrected chi connectivity index (χ3v) is 5.63. The lowest BCUT2D eigenvalue weighted by Crippen LogP contribution is -2.47. The van der Waals surface area contributed by atoms with E-state index in [0.717, 1.165) is 48.1 Å². The zero-order chi connectivity index (χ0) is 21.9. The number of aliphatic hydroxyl groups excluding tert-OH is 2. The standard InChI is InChI=1S/C26H33NO4/c27-26(19-28,20-29)14-12-22-10-11-25(24(17-22)23-13-16-30-18-23)31-15-6-2-5-9-21-7-3-1-4-8-21/h1,3-4,7-8,10-11,13,16-18,28-29H,2,5-6,9,12,14-15,19-20,27H2. The summed E-state index contributed by atoms with van der Waals surface area (Å²) in [4.78, 5) is 0. The molecule has 3 rings (SSSR count). The van der Waals surface area contributed by atoms with Crippen LogP contribution in [0.4, 0.5) is 0 Å². The highest BCUT2D eigenvalue weighted by Crippen LogP contribution is 2.32. The van der Waals surface area contributed by atoms with E-state index in [1.807, 2.05) is 24.3 Å². The molecule has 1 heterocycles. The van der Waals surface area contributed by atoms with Gasteiger partial charge in [0.05, 0.1) is 37.9 Å². The molecule has 5 heteroatoms. The molecular weight excluding hydrogens is 390 g/mol. The van der Waals surface area contributed by atoms with E-state index in [-0.39, 0.29) is 13.2 Å². The maximum Gasteiger partial charge on any atom is 0.127 e. The molecule has 0 aliphatic carbocycles. The fourth-order valence-corrected chi connectivity index (χ4v) is 3.54. The van der Waals surface area contributed by atoms with Crippen LogP contribution in [0.1, 0.15) is 36.8 Å². The van der Waals surface area contributed by atoms with Crippen LogP contribution in [0.5, 0.6) is 5.75 Å². The molecule has 166 valence electrons. The normalized spacial score (nSPS) is 11.6. The molecule has 0 unspecified atom stereocenters. The lowest BCUT2D eigenvalue weighted by Gasteiger charge is -2.24. The maximum atomic E-state index is 9.42. The van der Waals surface area contributed by atoms with Crippen molar-refractivity contribution in [3.63, 3.8) is 0 Å². The number of hydrogen-bond acceptors (Lipinski definition) is 5. The van der Waals surface area contributed by atoms with Gasteiger partial charge in [-0.15, -0.1) is 0 Å². The molecule has 0 amide bonds. The van der Waals surface area contributed by atoms with Crippen molar-refractivity contribution >= 4 is 0 Å². The van der Waals surface area contributed by atoms with E-state index in [4.69, 9.17) is 14.9 Å². The number of aryl methyl sites for hydroxylation is 2. The summed E-state index contributed by atoms with van der Waals surface area (Å²) in [6.45, 7) is 0.174. The molecule has 0 bridgehead atoms. The molecule has 2 aromatic carbocycles. The molecule has 0 spiro atoms. The van der Waals surface area contributed by atoms with Crippen molar-refractivity contribution in [3.8, 4) is 16.9 Å². The number of nitrogens with two attached hydrogens (primary N) is 1. The Morgan fingerprint density at radius 3 is 2.39 bits per heavy atom. The summed E-state index contributed by atoms with van der Waals surface area (Å²) in [5, 5.41) is 18.8. The Bertz CT molecular complexity index is 889. The smallest absolute Gasteiger partial charge is 0.127 e. The van der Waals surface area contributed by atoms with Gasteiger partial charge in [0.15, 0.2) is 0 Å². The van der Waals surface area contributed by atoms with Crippen LogP contribution >= 0.6 is 0 Å². The molecule has 0 saturated carbocycles. The average molecular weight is 424 g/mol. The number of ether oxygens (including phenoxy) is 1. The van der Waals surface area contributed by atoms with Crippen molar-refractivity contribution in [2.24, 2.45) is 5.73 Å². The number of unbranched alkanes of at least 4 members (excludes halogenated alkanes) is 2. The fraction of sp³-hybridized carbons (Fsp3) is 0.385. The Balaban J connectivity index is 1.55. The lowest BCUT2D eigenvalue weighted by molar-refractivity contribution is 0.115. The number of rotatable bonds is 13. The van der Waals surface area contributed by atoms with Crippen LogP contribution in [0.15, 0.2) is 71.5 Å². The average Bonchev–Trinajstić information content (AvgIpc) is 3.35. The van der Waals surface area contributed by atoms with Gasteiger partial charge in [-0.25, -0.2) is 0 Å². The summed E-state index contributed by atoms with van der Waals surface area (Å²) in [6, 6.07) is 18.6. The molecule has 3 aromatic rings. The fourth-order valence-electron chi connectivity index (χ4n) is 3.54. The van der Waals surface area contributed by atoms with E-state index in [1.165, 1.54) is 5.56 Å². The largest absolute Gasteiger partial charge is 0.493 e. The number of benzene rings is 2. The van der Waals surface area contributed by atoms with Gasteiger partial charge in [0.1, 0.15) is 5.75 Å². The lowest BCUT2D eigenvalue weighted by atomic mass is 9.93. The number of aliphatic hydroxyl groups is 2. The zero-order valence-corrected chi connectivity index (χ0v) is 18.0. The second kappa shape index (κ2) is 11.7. The summed E-state index contributed by atoms with van der Waals surface area (Å²) in [6.07, 6.45) is 8.88. The van der Waals surface area contributed by atoms with Crippen LogP contribution in [0, 0.1) is 0 Å². The van der Waals surface area contributed by atoms with Crippen molar-refractivity contribution in [2.45, 2.75) is 44.1 Å². The Morgan fingerprint density at radius 1 is 0.871 bits per heavy atom. The minimum absolute atomic E-state index is 0.246. The summed E-state index contributed by atoms with van der Waals surface area (Å²) < 4.78 is 11.4. The SMILES string of the molecule is NC(CO)(CO)CCc1ccc(OCCCCCc2ccccc2)c(-c2ccoc2)c1. The molecule has 0 aliphatic heterocycles. The molecule has 0 radical (unpaired) electrons. The summed E-state index contributed by atoms with van der Waals surface area (Å²) in [7, 11) is 0. The second-order valence-corrected chi connectivity index (χ2v) is 8.17. The van der Waals surface area contributed by atoms with E-state index >= 15 is 0 Å². The van der Waals surface area contributed by atoms with Crippen molar-refractivity contribution in [1.29, 1.82) is 0 Å². The molecule has 4 N–H and O–H groups in total. The van der Waals surface area contributed by atoms with E-state index in [2.05, 4.69) is 30.3 Å². The van der Waals surface area contributed by atoms with Crippen molar-refractivity contribution in [1.82, 2.24) is 0 Å². The minimum atomic E-state index is -0.968. The number of hydrogen-bond donors (Lipinski definition) is 3. The Kier molecular flexibility index (Phi) is 8.71. The van der Waals surface area contributed by atoms with Gasteiger partial charge in [-0.3, -0.25) is 0 Å². The Hall–Kier alpha value is -2.60. The highest BCUT2D eigenvalue weighted by molar-refractivity contribution is 5.70. The second-order valence-electron chi connectivity index (χ2n) is 8.17. The molecule has 5 nitrogen and oxygen atoms in total. The van der Waals surface area contributed by atoms with Crippen molar-refractivity contribution in [3.05, 3.63) is 78.3 Å². The van der Waals surface area contributed by atoms with Crippen LogP contribution < -0.4 is 10.5 Å². The molecule has 31 heavy (non-hydrogen) atoms. The van der Waals surface area contributed by atoms with Gasteiger partial charge in [0.2, 0.25) is 0 Å². The van der Waals surface area contributed by atoms with Crippen LogP contribution in [-0.2, 0) is 12.8 Å². The summed E-state index contributed by atoms with van der Waals surface area (Å²) in [5.41, 5.74) is 9.43. The van der Waals surface area contributed by atoms with E-state index < -0.39 is 5.54 Å². The first-order chi connectivity index (χ1) is 15.1. The van der Waals surface area contributed by atoms with Crippen LogP contribution in [-0.4, -0.2) is 35.6 Å². The van der Waals surface area contributed by atoms with Crippen molar-refractivity contribution < 1.29 is 19.4 Å². The van der Waals surface area contributed by atoms with Gasteiger partial charge in [0, 0.05) is 11.1 Å². The minimum Gasteiger partial charge on any atom is -0.493 e. The molecule has 0 atom stereocenters. The predicted molar refractivity (Wildman–Crippen MR) is 123 cm³/mol. The van der Waals surface area contributed by atoms with Gasteiger partial charge in [0.25, 0.3) is 0 Å². The molecule has 1 aromatic heterocycles. The highest BCUT2D eigenvalue weighted by Gasteiger charge is 2.22. The van der Waals surface area contributed by atoms with E-state index in [0.29, 0.717) is 19.4 Å². The molecule has 0 aliphatic rings. The van der Waals surface area contributed by atoms with Crippen LogP contribution in [0.25, 0.3) is 11.1 Å². The van der Waals surface area contributed by atoms with Gasteiger partial charge < -0.3 is 25.1 Å². The summed E-state index contributed by atoms with van der Waals surface area (Å²) >= 11 is 0. The quantitative estimate of drug-likeness (QED) is 0.356. The third-order valence-electron chi connectivity index (χ3n) is 5.63. The van der Waals surface area contributed by atoms with Gasteiger partial charge in [-0.2, -0.15) is 0 Å². The topological polar surface area (TPSA) is 88.9 Å². The first-order valence-electron chi connectivity index (χ1n) is 11.0. The van der Waals surface area contributed by atoms with Crippen molar-refractivity contribution in [2.75, 3.05) is 19.8 Å². The first kappa shape index (κ1) is 23.1. The molecule has 0 saturated heterocycles. The first-order valence-corrected chi connectivity index (χ1v) is 11.0.